The van der Waals surface area contributed by atoms with E-state index in [0.29, 0.717) is 17.8 Å². The van der Waals surface area contributed by atoms with Crippen molar-refractivity contribution < 1.29 is 14.3 Å². The molecule has 1 aromatic carbocycles. The minimum Gasteiger partial charge on any atom is -0.452 e. The van der Waals surface area contributed by atoms with Crippen molar-refractivity contribution in [3.05, 3.63) is 63.5 Å². The average molecular weight is 368 g/mol. The number of thiophene rings is 1. The largest absolute Gasteiger partial charge is 0.452 e. The lowest BCUT2D eigenvalue weighted by Gasteiger charge is -2.12. The molecule has 3 rings (SSSR count). The molecule has 0 saturated carbocycles. The number of aryl methyl sites for hydroxylation is 2. The third-order valence-corrected chi connectivity index (χ3v) is 5.08. The van der Waals surface area contributed by atoms with E-state index in [1.54, 1.807) is 18.3 Å². The molecule has 0 aliphatic carbocycles. The van der Waals surface area contributed by atoms with E-state index < -0.39 is 5.97 Å². The lowest BCUT2D eigenvalue weighted by Crippen LogP contribution is -2.30. The highest BCUT2D eigenvalue weighted by Gasteiger charge is 2.18. The minimum absolute atomic E-state index is 0.297. The van der Waals surface area contributed by atoms with Gasteiger partial charge in [0, 0.05) is 16.8 Å². The standard InChI is InChI=1S/C20H20N2O3S/c1-13-16-7-3-4-8-17(16)22-14(2)19(13)20(24)25-12-18(23)21-10-9-15-6-5-11-26-15/h3-8,11H,9-10,12H2,1-2H3,(H,21,23). The lowest BCUT2D eigenvalue weighted by atomic mass is 10.0. The third kappa shape index (κ3) is 4.08. The highest BCUT2D eigenvalue weighted by molar-refractivity contribution is 7.09. The first-order chi connectivity index (χ1) is 12.6. The van der Waals surface area contributed by atoms with Crippen molar-refractivity contribution in [1.29, 1.82) is 0 Å². The van der Waals surface area contributed by atoms with Crippen LogP contribution in [-0.2, 0) is 16.0 Å². The summed E-state index contributed by atoms with van der Waals surface area (Å²) in [5.74, 6) is -0.828. The molecule has 0 fully saturated rings. The maximum absolute atomic E-state index is 12.5. The summed E-state index contributed by atoms with van der Waals surface area (Å²) in [6, 6.07) is 11.6. The van der Waals surface area contributed by atoms with Crippen molar-refractivity contribution in [2.24, 2.45) is 0 Å². The fourth-order valence-corrected chi connectivity index (χ4v) is 3.57. The normalized spacial score (nSPS) is 10.7. The van der Waals surface area contributed by atoms with Crippen LogP contribution in [0.1, 0.15) is 26.5 Å². The van der Waals surface area contributed by atoms with E-state index in [9.17, 15) is 9.59 Å². The van der Waals surface area contributed by atoms with E-state index in [4.69, 9.17) is 4.74 Å². The Labute approximate surface area is 156 Å². The van der Waals surface area contributed by atoms with E-state index in [0.717, 1.165) is 22.9 Å². The number of aromatic nitrogens is 1. The van der Waals surface area contributed by atoms with Crippen LogP contribution in [0.25, 0.3) is 10.9 Å². The quantitative estimate of drug-likeness (QED) is 0.677. The third-order valence-electron chi connectivity index (χ3n) is 4.15. The monoisotopic (exact) mass is 368 g/mol. The Morgan fingerprint density at radius 3 is 2.73 bits per heavy atom. The molecule has 0 aliphatic rings. The van der Waals surface area contributed by atoms with E-state index in [2.05, 4.69) is 10.3 Å². The Morgan fingerprint density at radius 1 is 1.15 bits per heavy atom. The number of esters is 1. The Bertz CT molecular complexity index is 936. The Morgan fingerprint density at radius 2 is 1.96 bits per heavy atom. The zero-order valence-corrected chi connectivity index (χ0v) is 15.6. The van der Waals surface area contributed by atoms with Gasteiger partial charge in [-0.1, -0.05) is 24.3 Å². The molecule has 3 aromatic rings. The molecule has 5 nitrogen and oxygen atoms in total. The van der Waals surface area contributed by atoms with Gasteiger partial charge in [0.25, 0.3) is 5.91 Å². The number of amides is 1. The number of hydrogen-bond donors (Lipinski definition) is 1. The summed E-state index contributed by atoms with van der Waals surface area (Å²) in [5, 5.41) is 5.67. The van der Waals surface area contributed by atoms with E-state index in [-0.39, 0.29) is 12.5 Å². The van der Waals surface area contributed by atoms with Gasteiger partial charge in [-0.25, -0.2) is 4.79 Å². The molecule has 134 valence electrons. The smallest absolute Gasteiger partial charge is 0.340 e. The van der Waals surface area contributed by atoms with Crippen molar-refractivity contribution in [2.45, 2.75) is 20.3 Å². The summed E-state index contributed by atoms with van der Waals surface area (Å²) in [6.45, 7) is 3.87. The topological polar surface area (TPSA) is 68.3 Å². The molecule has 0 radical (unpaired) electrons. The van der Waals surface area contributed by atoms with Crippen molar-refractivity contribution in [1.82, 2.24) is 10.3 Å². The lowest BCUT2D eigenvalue weighted by molar-refractivity contribution is -0.124. The zero-order valence-electron chi connectivity index (χ0n) is 14.7. The molecule has 1 amide bonds. The van der Waals surface area contributed by atoms with Crippen molar-refractivity contribution >= 4 is 34.1 Å². The average Bonchev–Trinajstić information content (AvgIpc) is 3.13. The molecule has 0 unspecified atom stereocenters. The molecule has 2 aromatic heterocycles. The van der Waals surface area contributed by atoms with E-state index >= 15 is 0 Å². The van der Waals surface area contributed by atoms with Gasteiger partial charge in [0.05, 0.1) is 16.8 Å². The second-order valence-electron chi connectivity index (χ2n) is 5.97. The number of rotatable bonds is 6. The predicted octanol–water partition coefficient (Wildman–Crippen LogP) is 3.43. The summed E-state index contributed by atoms with van der Waals surface area (Å²) in [4.78, 5) is 30.0. The molecule has 0 aliphatic heterocycles. The number of hydrogen-bond acceptors (Lipinski definition) is 5. The molecule has 0 bridgehead atoms. The van der Waals surface area contributed by atoms with Crippen LogP contribution >= 0.6 is 11.3 Å². The second kappa shape index (κ2) is 8.10. The number of carbonyl (C=O) groups excluding carboxylic acids is 2. The van der Waals surface area contributed by atoms with Crippen LogP contribution < -0.4 is 5.32 Å². The fraction of sp³-hybridized carbons (Fsp3) is 0.250. The minimum atomic E-state index is -0.522. The molecule has 2 heterocycles. The number of carbonyl (C=O) groups is 2. The maximum atomic E-state index is 12.5. The van der Waals surface area contributed by atoms with Crippen LogP contribution in [0.15, 0.2) is 41.8 Å². The van der Waals surface area contributed by atoms with Gasteiger partial charge in [-0.3, -0.25) is 9.78 Å². The van der Waals surface area contributed by atoms with Gasteiger partial charge in [-0.2, -0.15) is 0 Å². The number of nitrogens with zero attached hydrogens (tertiary/aromatic N) is 1. The Kier molecular flexibility index (Phi) is 5.63. The fourth-order valence-electron chi connectivity index (χ4n) is 2.87. The predicted molar refractivity (Wildman–Crippen MR) is 103 cm³/mol. The molecule has 1 N–H and O–H groups in total. The van der Waals surface area contributed by atoms with Gasteiger partial charge in [-0.05, 0) is 43.3 Å². The van der Waals surface area contributed by atoms with Crippen LogP contribution in [0.3, 0.4) is 0 Å². The molecular formula is C20H20N2O3S. The second-order valence-corrected chi connectivity index (χ2v) is 7.00. The Balaban J connectivity index is 1.59. The number of fused-ring (bicyclic) bond motifs is 1. The summed E-state index contributed by atoms with van der Waals surface area (Å²) < 4.78 is 5.20. The first kappa shape index (κ1) is 18.1. The molecule has 0 spiro atoms. The number of pyridine rings is 1. The summed E-state index contributed by atoms with van der Waals surface area (Å²) >= 11 is 1.65. The SMILES string of the molecule is Cc1nc2ccccc2c(C)c1C(=O)OCC(=O)NCCc1cccs1. The van der Waals surface area contributed by atoms with Gasteiger partial charge in [0.1, 0.15) is 0 Å². The van der Waals surface area contributed by atoms with Gasteiger partial charge in [-0.15, -0.1) is 11.3 Å². The van der Waals surface area contributed by atoms with E-state index in [1.807, 2.05) is 48.7 Å². The maximum Gasteiger partial charge on any atom is 0.340 e. The van der Waals surface area contributed by atoms with Crippen LogP contribution in [0, 0.1) is 13.8 Å². The highest BCUT2D eigenvalue weighted by atomic mass is 32.1. The number of nitrogens with one attached hydrogen (secondary N) is 1. The number of ether oxygens (including phenoxy) is 1. The van der Waals surface area contributed by atoms with Gasteiger partial charge < -0.3 is 10.1 Å². The van der Waals surface area contributed by atoms with Gasteiger partial charge in [0.15, 0.2) is 6.61 Å². The molecular weight excluding hydrogens is 348 g/mol. The molecule has 0 saturated heterocycles. The summed E-state index contributed by atoms with van der Waals surface area (Å²) in [5.41, 5.74) is 2.68. The van der Waals surface area contributed by atoms with Crippen molar-refractivity contribution in [3.63, 3.8) is 0 Å². The van der Waals surface area contributed by atoms with Gasteiger partial charge >= 0.3 is 5.97 Å². The number of para-hydroxylation sites is 1. The van der Waals surface area contributed by atoms with Crippen LogP contribution in [0.4, 0.5) is 0 Å². The van der Waals surface area contributed by atoms with E-state index in [1.165, 1.54) is 4.88 Å². The zero-order chi connectivity index (χ0) is 18.5. The van der Waals surface area contributed by atoms with Crippen LogP contribution in [0.5, 0.6) is 0 Å². The molecule has 0 atom stereocenters. The number of benzene rings is 1. The van der Waals surface area contributed by atoms with Crippen LogP contribution in [-0.4, -0.2) is 30.0 Å². The summed E-state index contributed by atoms with van der Waals surface area (Å²) in [6.07, 6.45) is 0.768. The van der Waals surface area contributed by atoms with Crippen molar-refractivity contribution in [3.8, 4) is 0 Å². The Hall–Kier alpha value is -2.73. The highest BCUT2D eigenvalue weighted by Crippen LogP contribution is 2.23. The van der Waals surface area contributed by atoms with Gasteiger partial charge in [0.2, 0.25) is 0 Å². The van der Waals surface area contributed by atoms with Crippen LogP contribution in [0.2, 0.25) is 0 Å². The van der Waals surface area contributed by atoms with Crippen molar-refractivity contribution in [2.75, 3.05) is 13.2 Å². The molecule has 26 heavy (non-hydrogen) atoms. The first-order valence-corrected chi connectivity index (χ1v) is 9.26. The summed E-state index contributed by atoms with van der Waals surface area (Å²) in [7, 11) is 0. The molecule has 6 heteroatoms. The first-order valence-electron chi connectivity index (χ1n) is 8.38.